The molecule has 2 bridgehead atoms. The number of ketones is 1. The molecule has 0 amide bonds. The van der Waals surface area contributed by atoms with Crippen LogP contribution in [0.3, 0.4) is 0 Å². The minimum atomic E-state index is -0.355. The summed E-state index contributed by atoms with van der Waals surface area (Å²) in [6.45, 7) is 8.21. The van der Waals surface area contributed by atoms with Crippen LogP contribution in [0.4, 0.5) is 0 Å². The van der Waals surface area contributed by atoms with Crippen LogP contribution in [0, 0.1) is 16.7 Å². The lowest BCUT2D eigenvalue weighted by molar-refractivity contribution is -0.157. The van der Waals surface area contributed by atoms with E-state index in [1.807, 2.05) is 0 Å². The van der Waals surface area contributed by atoms with Crippen LogP contribution in [-0.4, -0.2) is 17.9 Å². The minimum absolute atomic E-state index is 0.00287. The van der Waals surface area contributed by atoms with Gasteiger partial charge in [-0.15, -0.1) is 0 Å². The van der Waals surface area contributed by atoms with Gasteiger partial charge in [0.15, 0.2) is 0 Å². The van der Waals surface area contributed by atoms with Gasteiger partial charge in [0.05, 0.1) is 0 Å². The van der Waals surface area contributed by atoms with E-state index in [0.29, 0.717) is 5.92 Å². The summed E-state index contributed by atoms with van der Waals surface area (Å²) < 4.78 is 5.53. The first-order valence-corrected chi connectivity index (χ1v) is 6.46. The molecule has 2 aliphatic rings. The molecule has 3 nitrogen and oxygen atoms in total. The van der Waals surface area contributed by atoms with E-state index < -0.39 is 0 Å². The topological polar surface area (TPSA) is 43.4 Å². The van der Waals surface area contributed by atoms with Crippen LogP contribution in [0.25, 0.3) is 0 Å². The number of carbonyl (C=O) groups is 2. The second-order valence-corrected chi connectivity index (χ2v) is 6.47. The first-order valence-electron chi connectivity index (χ1n) is 6.46. The third kappa shape index (κ3) is 1.80. The summed E-state index contributed by atoms with van der Waals surface area (Å²) in [7, 11) is 0. The molecule has 2 aliphatic carbocycles. The fourth-order valence-electron chi connectivity index (χ4n) is 3.71. The highest BCUT2D eigenvalue weighted by molar-refractivity contribution is 5.94. The van der Waals surface area contributed by atoms with E-state index in [9.17, 15) is 9.59 Å². The first kappa shape index (κ1) is 12.6. The number of ether oxygens (including phenoxy) is 1. The molecule has 0 spiro atoms. The molecular weight excluding hydrogens is 216 g/mol. The van der Waals surface area contributed by atoms with Gasteiger partial charge in [-0.3, -0.25) is 9.59 Å². The third-order valence-corrected chi connectivity index (χ3v) is 5.38. The molecule has 0 aromatic rings. The average molecular weight is 238 g/mol. The molecule has 2 saturated carbocycles. The van der Waals surface area contributed by atoms with Crippen molar-refractivity contribution < 1.29 is 14.3 Å². The van der Waals surface area contributed by atoms with Gasteiger partial charge in [-0.25, -0.2) is 0 Å². The molecule has 0 unspecified atom stereocenters. The van der Waals surface area contributed by atoms with Gasteiger partial charge in [0.1, 0.15) is 18.3 Å². The van der Waals surface area contributed by atoms with Crippen LogP contribution < -0.4 is 0 Å². The van der Waals surface area contributed by atoms with Crippen molar-refractivity contribution in [2.45, 2.75) is 59.5 Å². The van der Waals surface area contributed by atoms with E-state index >= 15 is 0 Å². The Morgan fingerprint density at radius 3 is 2.35 bits per heavy atom. The van der Waals surface area contributed by atoms with Crippen molar-refractivity contribution in [3.63, 3.8) is 0 Å². The van der Waals surface area contributed by atoms with E-state index in [2.05, 4.69) is 20.8 Å². The predicted octanol–water partition coefficient (Wildman–Crippen LogP) is 2.72. The fraction of sp³-hybridized carbons (Fsp3) is 0.857. The summed E-state index contributed by atoms with van der Waals surface area (Å²) in [5.74, 6) is 0.178. The van der Waals surface area contributed by atoms with Gasteiger partial charge in [0.2, 0.25) is 0 Å². The Bertz CT molecular complexity index is 358. The minimum Gasteiger partial charge on any atom is -0.461 e. The van der Waals surface area contributed by atoms with Crippen molar-refractivity contribution in [2.75, 3.05) is 0 Å². The zero-order valence-electron chi connectivity index (χ0n) is 11.2. The average Bonchev–Trinajstić information content (AvgIpc) is 2.49. The van der Waals surface area contributed by atoms with Crippen LogP contribution in [0.5, 0.6) is 0 Å². The van der Waals surface area contributed by atoms with Gasteiger partial charge >= 0.3 is 5.97 Å². The maximum atomic E-state index is 11.6. The normalized spacial score (nSPS) is 38.1. The van der Waals surface area contributed by atoms with Crippen molar-refractivity contribution in [1.82, 2.24) is 0 Å². The number of Topliss-reactive ketones (excluding diaryl/α,β-unsaturated/α-hetero) is 1. The Morgan fingerprint density at radius 1 is 1.29 bits per heavy atom. The lowest BCUT2D eigenvalue weighted by Gasteiger charge is -2.38. The number of esters is 1. The predicted molar refractivity (Wildman–Crippen MR) is 64.4 cm³/mol. The Hall–Kier alpha value is -0.860. The quantitative estimate of drug-likeness (QED) is 0.561. The molecule has 0 saturated heterocycles. The molecule has 96 valence electrons. The van der Waals surface area contributed by atoms with E-state index in [4.69, 9.17) is 4.74 Å². The van der Waals surface area contributed by atoms with Gasteiger partial charge in [-0.05, 0) is 37.5 Å². The summed E-state index contributed by atoms with van der Waals surface area (Å²) >= 11 is 0. The number of carbonyl (C=O) groups excluding carboxylic acids is 2. The second kappa shape index (κ2) is 3.82. The molecule has 0 aromatic carbocycles. The third-order valence-electron chi connectivity index (χ3n) is 5.38. The van der Waals surface area contributed by atoms with E-state index in [1.165, 1.54) is 13.3 Å². The van der Waals surface area contributed by atoms with Gasteiger partial charge in [0.25, 0.3) is 0 Å². The lowest BCUT2D eigenvalue weighted by Crippen LogP contribution is -2.38. The summed E-state index contributed by atoms with van der Waals surface area (Å²) in [5.41, 5.74) is 0.332. The molecule has 17 heavy (non-hydrogen) atoms. The summed E-state index contributed by atoms with van der Waals surface area (Å²) in [6.07, 6.45) is 3.25. The smallest absolute Gasteiger partial charge is 0.313 e. The highest BCUT2D eigenvalue weighted by Gasteiger charge is 2.62. The molecule has 0 heterocycles. The number of rotatable bonds is 3. The standard InChI is InChI=1S/C14H22O3/c1-9(15)7-12(16)17-11-8-10-5-6-14(11,4)13(10,2)3/h10-11H,5-8H2,1-4H3/t10-,11-,14+/m0/s1. The number of hydrogen-bond donors (Lipinski definition) is 0. The van der Waals surface area contributed by atoms with Crippen molar-refractivity contribution in [1.29, 1.82) is 0 Å². The Kier molecular flexibility index (Phi) is 2.83. The second-order valence-electron chi connectivity index (χ2n) is 6.47. The highest BCUT2D eigenvalue weighted by atomic mass is 16.5. The molecule has 2 rings (SSSR count). The molecule has 0 N–H and O–H groups in total. The molecular formula is C14H22O3. The van der Waals surface area contributed by atoms with Crippen LogP contribution in [0.1, 0.15) is 53.4 Å². The van der Waals surface area contributed by atoms with Crippen molar-refractivity contribution in [3.8, 4) is 0 Å². The maximum absolute atomic E-state index is 11.6. The van der Waals surface area contributed by atoms with E-state index in [0.717, 1.165) is 12.8 Å². The van der Waals surface area contributed by atoms with Crippen molar-refractivity contribution in [3.05, 3.63) is 0 Å². The molecule has 3 heteroatoms. The van der Waals surface area contributed by atoms with Crippen LogP contribution in [0.15, 0.2) is 0 Å². The Labute approximate surface area is 103 Å². The highest BCUT2D eigenvalue weighted by Crippen LogP contribution is 2.66. The molecule has 2 fully saturated rings. The van der Waals surface area contributed by atoms with Crippen molar-refractivity contribution >= 4 is 11.8 Å². The zero-order chi connectivity index (χ0) is 12.8. The van der Waals surface area contributed by atoms with Crippen molar-refractivity contribution in [2.24, 2.45) is 16.7 Å². The van der Waals surface area contributed by atoms with Crippen LogP contribution >= 0.6 is 0 Å². The SMILES string of the molecule is CC(=O)CC(=O)O[C@H]1C[C@@H]2CC[C@@]1(C)C2(C)C. The van der Waals surface area contributed by atoms with Gasteiger partial charge in [-0.2, -0.15) is 0 Å². The van der Waals surface area contributed by atoms with Gasteiger partial charge in [-0.1, -0.05) is 20.8 Å². The Balaban J connectivity index is 2.06. The van der Waals surface area contributed by atoms with E-state index in [1.54, 1.807) is 0 Å². The summed E-state index contributed by atoms with van der Waals surface area (Å²) in [6, 6.07) is 0. The Morgan fingerprint density at radius 2 is 1.94 bits per heavy atom. The monoisotopic (exact) mass is 238 g/mol. The van der Waals surface area contributed by atoms with Crippen LogP contribution in [-0.2, 0) is 14.3 Å². The maximum Gasteiger partial charge on any atom is 0.313 e. The first-order chi connectivity index (χ1) is 7.77. The number of fused-ring (bicyclic) bond motifs is 2. The molecule has 0 aliphatic heterocycles. The molecule has 0 aromatic heterocycles. The zero-order valence-corrected chi connectivity index (χ0v) is 11.2. The van der Waals surface area contributed by atoms with Crippen LogP contribution in [0.2, 0.25) is 0 Å². The van der Waals surface area contributed by atoms with Gasteiger partial charge < -0.3 is 4.74 Å². The largest absolute Gasteiger partial charge is 0.461 e. The molecule has 0 radical (unpaired) electrons. The lowest BCUT2D eigenvalue weighted by atomic mass is 9.70. The van der Waals surface area contributed by atoms with Gasteiger partial charge in [0, 0.05) is 5.41 Å². The van der Waals surface area contributed by atoms with E-state index in [-0.39, 0.29) is 35.1 Å². The number of hydrogen-bond acceptors (Lipinski definition) is 3. The molecule has 3 atom stereocenters. The summed E-state index contributed by atoms with van der Waals surface area (Å²) in [5, 5.41) is 0. The fourth-order valence-corrected chi connectivity index (χ4v) is 3.71. The summed E-state index contributed by atoms with van der Waals surface area (Å²) in [4.78, 5) is 22.5.